The van der Waals surface area contributed by atoms with Gasteiger partial charge in [-0.1, -0.05) is 43.3 Å². The van der Waals surface area contributed by atoms with E-state index in [1.165, 1.54) is 22.5 Å². The number of carbonyl (C=O) groups is 1. The molecule has 4 rings (SSSR count). The van der Waals surface area contributed by atoms with Gasteiger partial charge in [0.25, 0.3) is 5.91 Å². The molecule has 0 spiro atoms. The molecule has 0 atom stereocenters. The van der Waals surface area contributed by atoms with Gasteiger partial charge in [0.1, 0.15) is 0 Å². The maximum absolute atomic E-state index is 13.0. The number of likely N-dealkylation sites (tertiary alicyclic amines) is 1. The minimum atomic E-state index is -1.53. The number of piperidine rings is 1. The molecule has 28 heavy (non-hydrogen) atoms. The first-order valence-electron chi connectivity index (χ1n) is 9.83. The monoisotopic (exact) mass is 393 g/mol. The molecule has 4 nitrogen and oxygen atoms in total. The third kappa shape index (κ3) is 3.72. The predicted octanol–water partition coefficient (Wildman–Crippen LogP) is 3.16. The van der Waals surface area contributed by atoms with Crippen LogP contribution in [0.5, 0.6) is 0 Å². The number of hydrogen-bond acceptors (Lipinski definition) is 4. The summed E-state index contributed by atoms with van der Waals surface area (Å²) in [5, 5.41) is 19.9. The van der Waals surface area contributed by atoms with Crippen molar-refractivity contribution in [2.24, 2.45) is 0 Å². The fourth-order valence-corrected chi connectivity index (χ4v) is 5.12. The lowest BCUT2D eigenvalue weighted by molar-refractivity contribution is 0.0718. The van der Waals surface area contributed by atoms with Crippen LogP contribution in [-0.4, -0.2) is 41.1 Å². The molecule has 0 radical (unpaired) electrons. The van der Waals surface area contributed by atoms with Crippen molar-refractivity contribution in [2.45, 2.75) is 32.1 Å². The summed E-state index contributed by atoms with van der Waals surface area (Å²) in [5.41, 5.74) is 3.19. The van der Waals surface area contributed by atoms with E-state index in [9.17, 15) is 14.8 Å². The second-order valence-corrected chi connectivity index (χ2v) is 8.49. The van der Waals surface area contributed by atoms with E-state index < -0.39 is 7.12 Å². The molecule has 1 fully saturated rings. The second kappa shape index (κ2) is 8.07. The van der Waals surface area contributed by atoms with Gasteiger partial charge < -0.3 is 14.9 Å². The summed E-state index contributed by atoms with van der Waals surface area (Å²) in [7, 11) is -1.53. The zero-order chi connectivity index (χ0) is 19.7. The lowest BCUT2D eigenvalue weighted by Gasteiger charge is -2.32. The van der Waals surface area contributed by atoms with Crippen LogP contribution in [0.15, 0.2) is 48.5 Å². The van der Waals surface area contributed by atoms with Crippen LogP contribution >= 0.6 is 11.3 Å². The van der Waals surface area contributed by atoms with Gasteiger partial charge in [0, 0.05) is 17.8 Å². The van der Waals surface area contributed by atoms with Crippen molar-refractivity contribution in [1.29, 1.82) is 0 Å². The van der Waals surface area contributed by atoms with Crippen molar-refractivity contribution in [1.82, 2.24) is 4.90 Å². The van der Waals surface area contributed by atoms with E-state index in [0.717, 1.165) is 42.4 Å². The first-order valence-corrected chi connectivity index (χ1v) is 10.6. The Balaban J connectivity index is 1.48. The van der Waals surface area contributed by atoms with Gasteiger partial charge in [0.15, 0.2) is 0 Å². The number of carbonyl (C=O) groups excluding carboxylic acids is 1. The summed E-state index contributed by atoms with van der Waals surface area (Å²) in [4.78, 5) is 15.6. The molecule has 1 aromatic heterocycles. The van der Waals surface area contributed by atoms with Crippen LogP contribution in [0.3, 0.4) is 0 Å². The largest absolute Gasteiger partial charge is 0.489 e. The highest BCUT2D eigenvalue weighted by molar-refractivity contribution is 7.21. The van der Waals surface area contributed by atoms with E-state index >= 15 is 0 Å². The molecule has 1 saturated heterocycles. The zero-order valence-electron chi connectivity index (χ0n) is 16.0. The summed E-state index contributed by atoms with van der Waals surface area (Å²) in [5.74, 6) is 0.550. The highest BCUT2D eigenvalue weighted by atomic mass is 32.1. The Morgan fingerprint density at radius 2 is 1.89 bits per heavy atom. The molecule has 6 heteroatoms. The SMILES string of the molecule is CCc1cccc(C2CCN(C(=O)c3cc4c(B(O)O)cccc4s3)CC2)c1. The minimum absolute atomic E-state index is 0.0420. The number of benzene rings is 2. The van der Waals surface area contributed by atoms with Gasteiger partial charge in [0.05, 0.1) is 4.88 Å². The lowest BCUT2D eigenvalue weighted by Crippen LogP contribution is -2.37. The Kier molecular flexibility index (Phi) is 5.53. The Bertz CT molecular complexity index is 992. The van der Waals surface area contributed by atoms with Crippen LogP contribution in [0.2, 0.25) is 0 Å². The normalized spacial score (nSPS) is 15.2. The molecular weight excluding hydrogens is 369 g/mol. The number of hydrogen-bond donors (Lipinski definition) is 2. The van der Waals surface area contributed by atoms with Gasteiger partial charge in [-0.25, -0.2) is 0 Å². The Morgan fingerprint density at radius 3 is 2.61 bits per heavy atom. The van der Waals surface area contributed by atoms with Crippen molar-refractivity contribution in [3.05, 3.63) is 64.5 Å². The fourth-order valence-electron chi connectivity index (χ4n) is 4.05. The van der Waals surface area contributed by atoms with E-state index in [-0.39, 0.29) is 5.91 Å². The van der Waals surface area contributed by atoms with E-state index in [1.54, 1.807) is 18.2 Å². The fraction of sp³-hybridized carbons (Fsp3) is 0.318. The summed E-state index contributed by atoms with van der Waals surface area (Å²) in [6.45, 7) is 3.68. The third-order valence-corrected chi connectivity index (χ3v) is 6.79. The average molecular weight is 393 g/mol. The molecule has 144 valence electrons. The molecule has 1 aliphatic heterocycles. The molecule has 0 aliphatic carbocycles. The van der Waals surface area contributed by atoms with Crippen LogP contribution in [0.25, 0.3) is 10.1 Å². The second-order valence-electron chi connectivity index (χ2n) is 7.41. The number of amides is 1. The highest BCUT2D eigenvalue weighted by Crippen LogP contribution is 2.31. The Morgan fingerprint density at radius 1 is 1.14 bits per heavy atom. The molecule has 0 saturated carbocycles. The number of fused-ring (bicyclic) bond motifs is 1. The number of thiophene rings is 1. The third-order valence-electron chi connectivity index (χ3n) is 5.70. The summed E-state index contributed by atoms with van der Waals surface area (Å²) in [6.07, 6.45) is 3.00. The van der Waals surface area contributed by atoms with Crippen molar-refractivity contribution < 1.29 is 14.8 Å². The standard InChI is InChI=1S/C22H24BNO3S/c1-2-15-5-3-6-17(13-15)16-9-11-24(12-10-16)22(25)21-14-18-19(23(26)27)7-4-8-20(18)28-21/h3-8,13-14,16,26-27H,2,9-12H2,1H3. The molecule has 3 aromatic rings. The molecule has 2 N–H and O–H groups in total. The van der Waals surface area contributed by atoms with E-state index in [1.807, 2.05) is 11.0 Å². The molecular formula is C22H24BNO3S. The first-order chi connectivity index (χ1) is 13.6. The van der Waals surface area contributed by atoms with E-state index in [4.69, 9.17) is 0 Å². The van der Waals surface area contributed by atoms with Gasteiger partial charge >= 0.3 is 7.12 Å². The topological polar surface area (TPSA) is 60.8 Å². The quantitative estimate of drug-likeness (QED) is 0.670. The summed E-state index contributed by atoms with van der Waals surface area (Å²) < 4.78 is 0.903. The summed E-state index contributed by atoms with van der Waals surface area (Å²) in [6, 6.07) is 16.0. The van der Waals surface area contributed by atoms with Gasteiger partial charge in [-0.05, 0) is 59.3 Å². The van der Waals surface area contributed by atoms with E-state index in [2.05, 4.69) is 31.2 Å². The maximum atomic E-state index is 13.0. The number of nitrogens with zero attached hydrogens (tertiary/aromatic N) is 1. The molecule has 1 amide bonds. The first kappa shape index (κ1) is 19.2. The van der Waals surface area contributed by atoms with Crippen LogP contribution in [0.4, 0.5) is 0 Å². The van der Waals surface area contributed by atoms with Crippen molar-refractivity contribution in [3.63, 3.8) is 0 Å². The Hall–Kier alpha value is -2.15. The van der Waals surface area contributed by atoms with Crippen LogP contribution in [0, 0.1) is 0 Å². The van der Waals surface area contributed by atoms with Gasteiger partial charge in [-0.3, -0.25) is 4.79 Å². The minimum Gasteiger partial charge on any atom is -0.423 e. The molecule has 0 bridgehead atoms. The average Bonchev–Trinajstić information content (AvgIpc) is 3.17. The van der Waals surface area contributed by atoms with Crippen molar-refractivity contribution in [3.8, 4) is 0 Å². The lowest BCUT2D eigenvalue weighted by atomic mass is 9.78. The van der Waals surface area contributed by atoms with E-state index in [0.29, 0.717) is 16.3 Å². The smallest absolute Gasteiger partial charge is 0.423 e. The van der Waals surface area contributed by atoms with Crippen molar-refractivity contribution in [2.75, 3.05) is 13.1 Å². The molecule has 0 unspecified atom stereocenters. The number of rotatable bonds is 4. The predicted molar refractivity (Wildman–Crippen MR) is 115 cm³/mol. The van der Waals surface area contributed by atoms with Gasteiger partial charge in [-0.15, -0.1) is 11.3 Å². The van der Waals surface area contributed by atoms with Gasteiger partial charge in [0.2, 0.25) is 0 Å². The van der Waals surface area contributed by atoms with Crippen LogP contribution in [-0.2, 0) is 6.42 Å². The zero-order valence-corrected chi connectivity index (χ0v) is 16.8. The Labute approximate surface area is 169 Å². The highest BCUT2D eigenvalue weighted by Gasteiger charge is 2.26. The van der Waals surface area contributed by atoms with Crippen LogP contribution < -0.4 is 5.46 Å². The van der Waals surface area contributed by atoms with Crippen molar-refractivity contribution >= 4 is 39.9 Å². The maximum Gasteiger partial charge on any atom is 0.489 e. The van der Waals surface area contributed by atoms with Gasteiger partial charge in [-0.2, -0.15) is 0 Å². The van der Waals surface area contributed by atoms with Crippen LogP contribution in [0.1, 0.15) is 46.5 Å². The molecule has 2 aromatic carbocycles. The number of aryl methyl sites for hydroxylation is 1. The molecule has 2 heterocycles. The molecule has 1 aliphatic rings. The summed E-state index contributed by atoms with van der Waals surface area (Å²) >= 11 is 1.42.